The zero-order valence-corrected chi connectivity index (χ0v) is 12.4. The van der Waals surface area contributed by atoms with Gasteiger partial charge in [-0.2, -0.15) is 9.78 Å². The summed E-state index contributed by atoms with van der Waals surface area (Å²) in [5.41, 5.74) is 1.20. The molecular weight excluding hydrogens is 286 g/mol. The monoisotopic (exact) mass is 303 g/mol. The van der Waals surface area contributed by atoms with E-state index in [1.165, 1.54) is 17.9 Å². The Hall–Kier alpha value is -2.48. The Morgan fingerprint density at radius 2 is 2.27 bits per heavy atom. The normalized spacial score (nSPS) is 14.1. The number of H-pyrrole nitrogens is 1. The maximum absolute atomic E-state index is 11.8. The summed E-state index contributed by atoms with van der Waals surface area (Å²) in [6, 6.07) is 3.21. The van der Waals surface area contributed by atoms with Crippen molar-refractivity contribution in [2.75, 3.05) is 19.0 Å². The average molecular weight is 303 g/mol. The van der Waals surface area contributed by atoms with E-state index >= 15 is 0 Å². The van der Waals surface area contributed by atoms with Gasteiger partial charge in [0.15, 0.2) is 0 Å². The largest absolute Gasteiger partial charge is 0.375 e. The van der Waals surface area contributed by atoms with Crippen LogP contribution in [0.25, 0.3) is 5.95 Å². The van der Waals surface area contributed by atoms with Crippen LogP contribution in [0, 0.1) is 6.92 Å². The van der Waals surface area contributed by atoms with Gasteiger partial charge in [0, 0.05) is 30.9 Å². The number of rotatable bonds is 5. The molecule has 3 rings (SSSR count). The summed E-state index contributed by atoms with van der Waals surface area (Å²) in [6.45, 7) is 1.68. The fourth-order valence-electron chi connectivity index (χ4n) is 2.20. The topological polar surface area (TPSA) is 102 Å². The summed E-state index contributed by atoms with van der Waals surface area (Å²) in [5, 5.41) is 7.19. The number of methoxy groups -OCH3 is 1. The minimum absolute atomic E-state index is 0.0539. The van der Waals surface area contributed by atoms with Crippen molar-refractivity contribution in [1.82, 2.24) is 19.7 Å². The van der Waals surface area contributed by atoms with Crippen LogP contribution in [0.1, 0.15) is 30.1 Å². The van der Waals surface area contributed by atoms with Crippen LogP contribution >= 0.6 is 0 Å². The highest BCUT2D eigenvalue weighted by atomic mass is 16.5. The van der Waals surface area contributed by atoms with Gasteiger partial charge in [0.05, 0.1) is 5.69 Å². The molecule has 1 aliphatic rings. The van der Waals surface area contributed by atoms with Gasteiger partial charge in [-0.15, -0.1) is 0 Å². The summed E-state index contributed by atoms with van der Waals surface area (Å²) in [4.78, 5) is 30.3. The molecule has 0 spiro atoms. The van der Waals surface area contributed by atoms with Gasteiger partial charge in [0.2, 0.25) is 5.95 Å². The number of aromatic nitrogens is 4. The molecule has 2 aromatic rings. The summed E-state index contributed by atoms with van der Waals surface area (Å²) < 4.78 is 6.27. The molecule has 22 heavy (non-hydrogen) atoms. The van der Waals surface area contributed by atoms with E-state index in [2.05, 4.69) is 20.4 Å². The summed E-state index contributed by atoms with van der Waals surface area (Å²) in [6.07, 6.45) is 2.17. The first kappa shape index (κ1) is 14.5. The van der Waals surface area contributed by atoms with Crippen molar-refractivity contribution in [2.24, 2.45) is 0 Å². The molecule has 1 amide bonds. The van der Waals surface area contributed by atoms with Crippen molar-refractivity contribution >= 4 is 11.7 Å². The summed E-state index contributed by atoms with van der Waals surface area (Å²) in [5.74, 6) is 0.874. The maximum Gasteiger partial charge on any atom is 0.252 e. The van der Waals surface area contributed by atoms with Crippen LogP contribution in [0.15, 0.2) is 16.9 Å². The lowest BCUT2D eigenvalue weighted by atomic mass is 10.3. The van der Waals surface area contributed by atoms with E-state index in [9.17, 15) is 9.59 Å². The van der Waals surface area contributed by atoms with Crippen LogP contribution in [0.2, 0.25) is 0 Å². The van der Waals surface area contributed by atoms with Crippen LogP contribution in [0.4, 0.5) is 5.82 Å². The molecule has 1 aliphatic carbocycles. The van der Waals surface area contributed by atoms with Crippen LogP contribution in [0.3, 0.4) is 0 Å². The minimum Gasteiger partial charge on any atom is -0.375 e. The van der Waals surface area contributed by atoms with Crippen molar-refractivity contribution < 1.29 is 9.53 Å². The number of aromatic amines is 1. The zero-order valence-electron chi connectivity index (χ0n) is 12.4. The molecule has 8 nitrogen and oxygen atoms in total. The molecule has 1 saturated carbocycles. The van der Waals surface area contributed by atoms with E-state index in [0.29, 0.717) is 17.4 Å². The van der Waals surface area contributed by atoms with E-state index in [-0.39, 0.29) is 24.0 Å². The van der Waals surface area contributed by atoms with Crippen LogP contribution in [0.5, 0.6) is 0 Å². The molecule has 2 N–H and O–H groups in total. The van der Waals surface area contributed by atoms with Crippen molar-refractivity contribution in [1.29, 1.82) is 0 Å². The van der Waals surface area contributed by atoms with Crippen LogP contribution in [-0.2, 0) is 9.53 Å². The van der Waals surface area contributed by atoms with E-state index < -0.39 is 0 Å². The Labute approximate surface area is 126 Å². The highest BCUT2D eigenvalue weighted by Gasteiger charge is 2.28. The smallest absolute Gasteiger partial charge is 0.252 e. The third kappa shape index (κ3) is 3.06. The second kappa shape index (κ2) is 5.72. The number of nitrogens with one attached hydrogen (secondary N) is 2. The van der Waals surface area contributed by atoms with Crippen molar-refractivity contribution in [3.63, 3.8) is 0 Å². The molecule has 2 aromatic heterocycles. The lowest BCUT2D eigenvalue weighted by Gasteiger charge is -2.07. The van der Waals surface area contributed by atoms with Crippen molar-refractivity contribution in [3.05, 3.63) is 33.9 Å². The summed E-state index contributed by atoms with van der Waals surface area (Å²) >= 11 is 0. The van der Waals surface area contributed by atoms with Gasteiger partial charge in [0.1, 0.15) is 12.4 Å². The van der Waals surface area contributed by atoms with Crippen LogP contribution < -0.4 is 10.9 Å². The van der Waals surface area contributed by atoms with Gasteiger partial charge in [-0.3, -0.25) is 14.6 Å². The standard InChI is InChI=1S/C14H17N5O3/c1-8-5-12(20)17-14(15-8)19-11(16-13(21)7-22-2)6-10(18-19)9-3-4-9/h5-6,9H,3-4,7H2,1-2H3,(H,16,21)(H,15,17,20). The predicted octanol–water partition coefficient (Wildman–Crippen LogP) is 0.726. The molecule has 116 valence electrons. The molecule has 0 radical (unpaired) electrons. The fourth-order valence-corrected chi connectivity index (χ4v) is 2.20. The first-order valence-corrected chi connectivity index (χ1v) is 7.04. The number of aryl methyl sites for hydroxylation is 1. The average Bonchev–Trinajstić information content (AvgIpc) is 3.20. The molecule has 0 aliphatic heterocycles. The lowest BCUT2D eigenvalue weighted by molar-refractivity contribution is -0.119. The van der Waals surface area contributed by atoms with Gasteiger partial charge in [0.25, 0.3) is 11.5 Å². The number of amides is 1. The van der Waals surface area contributed by atoms with E-state index in [0.717, 1.165) is 18.5 Å². The second-order valence-corrected chi connectivity index (χ2v) is 5.33. The number of nitrogens with zero attached hydrogens (tertiary/aromatic N) is 3. The molecule has 0 aromatic carbocycles. The maximum atomic E-state index is 11.8. The van der Waals surface area contributed by atoms with Gasteiger partial charge in [-0.25, -0.2) is 4.98 Å². The van der Waals surface area contributed by atoms with Crippen molar-refractivity contribution in [3.8, 4) is 5.95 Å². The number of ether oxygens (including phenoxy) is 1. The molecule has 2 heterocycles. The molecule has 0 bridgehead atoms. The lowest BCUT2D eigenvalue weighted by Crippen LogP contribution is -2.21. The molecule has 0 unspecified atom stereocenters. The van der Waals surface area contributed by atoms with E-state index in [4.69, 9.17) is 4.74 Å². The Morgan fingerprint density at radius 3 is 2.91 bits per heavy atom. The Bertz CT molecular complexity index is 760. The van der Waals surface area contributed by atoms with Crippen LogP contribution in [-0.4, -0.2) is 39.4 Å². The highest BCUT2D eigenvalue weighted by Crippen LogP contribution is 2.40. The number of hydrogen-bond acceptors (Lipinski definition) is 5. The molecule has 0 atom stereocenters. The first-order valence-electron chi connectivity index (χ1n) is 7.04. The van der Waals surface area contributed by atoms with Gasteiger partial charge in [-0.1, -0.05) is 0 Å². The molecule has 1 fully saturated rings. The first-order chi connectivity index (χ1) is 10.6. The fraction of sp³-hybridized carbons (Fsp3) is 0.429. The number of hydrogen-bond donors (Lipinski definition) is 2. The van der Waals surface area contributed by atoms with Gasteiger partial charge < -0.3 is 10.1 Å². The second-order valence-electron chi connectivity index (χ2n) is 5.33. The molecule has 8 heteroatoms. The number of anilines is 1. The number of carbonyl (C=O) groups is 1. The Kier molecular flexibility index (Phi) is 3.76. The third-order valence-electron chi connectivity index (χ3n) is 3.32. The molecular formula is C14H17N5O3. The third-order valence-corrected chi connectivity index (χ3v) is 3.32. The number of carbonyl (C=O) groups excluding carboxylic acids is 1. The van der Waals surface area contributed by atoms with E-state index in [1.54, 1.807) is 6.92 Å². The highest BCUT2D eigenvalue weighted by molar-refractivity contribution is 5.91. The Balaban J connectivity index is 2.00. The zero-order chi connectivity index (χ0) is 15.7. The van der Waals surface area contributed by atoms with Crippen molar-refractivity contribution in [2.45, 2.75) is 25.7 Å². The van der Waals surface area contributed by atoms with Gasteiger partial charge >= 0.3 is 0 Å². The minimum atomic E-state index is -0.291. The predicted molar refractivity (Wildman–Crippen MR) is 79.2 cm³/mol. The summed E-state index contributed by atoms with van der Waals surface area (Å²) in [7, 11) is 1.45. The Morgan fingerprint density at radius 1 is 1.50 bits per heavy atom. The quantitative estimate of drug-likeness (QED) is 0.847. The molecule has 0 saturated heterocycles. The van der Waals surface area contributed by atoms with E-state index in [1.807, 2.05) is 6.07 Å². The van der Waals surface area contributed by atoms with Gasteiger partial charge in [-0.05, 0) is 19.8 Å². The SMILES string of the molecule is COCC(=O)Nc1cc(C2CC2)nn1-c1nc(C)cc(=O)[nH]1.